The zero-order valence-electron chi connectivity index (χ0n) is 25.2. The Hall–Kier alpha value is -1.85. The molecular weight excluding hydrogens is 472 g/mol. The summed E-state index contributed by atoms with van der Waals surface area (Å²) in [7, 11) is 1.59. The van der Waals surface area contributed by atoms with Gasteiger partial charge in [0.25, 0.3) is 0 Å². The van der Waals surface area contributed by atoms with Crippen LogP contribution in [0.3, 0.4) is 0 Å². The molecule has 4 saturated carbocycles. The fraction of sp³-hybridized carbons (Fsp3) is 0.844. The maximum Gasteiger partial charge on any atom is 0.312 e. The summed E-state index contributed by atoms with van der Waals surface area (Å²) in [5.41, 5.74) is 11.2. The van der Waals surface area contributed by atoms with Crippen LogP contribution in [0.2, 0.25) is 0 Å². The number of guanidine groups is 1. The molecule has 0 aliphatic heterocycles. The molecule has 212 valence electrons. The minimum atomic E-state index is -0.349. The molecule has 0 aromatic rings. The smallest absolute Gasteiger partial charge is 0.312 e. The van der Waals surface area contributed by atoms with Gasteiger partial charge in [-0.05, 0) is 104 Å². The number of carbonyl (C=O) groups is 1. The quantitative estimate of drug-likeness (QED) is 0.124. The SMILES string of the molecule is COC(=O)[C@]12CC[C@@H](C)[C@H](C)[C@H]1C1=CC[C@@H]3[C@@]4(C)CC/C(=N\NC(=N)N)C(C)(C)[C@@H]4CC[C@@]3(C)[C@]1(C)CC2. The molecule has 0 aromatic carbocycles. The largest absolute Gasteiger partial charge is 0.469 e. The molecule has 0 amide bonds. The highest BCUT2D eigenvalue weighted by Crippen LogP contribution is 2.75. The average molecular weight is 525 g/mol. The van der Waals surface area contributed by atoms with E-state index in [9.17, 15) is 4.79 Å². The van der Waals surface area contributed by atoms with E-state index in [0.29, 0.717) is 29.6 Å². The number of allylic oxidation sites excluding steroid dienone is 2. The van der Waals surface area contributed by atoms with Crippen LogP contribution in [0.1, 0.15) is 106 Å². The van der Waals surface area contributed by atoms with Gasteiger partial charge in [-0.25, -0.2) is 5.43 Å². The van der Waals surface area contributed by atoms with E-state index >= 15 is 0 Å². The monoisotopic (exact) mass is 524 g/mol. The number of nitrogens with one attached hydrogen (secondary N) is 2. The van der Waals surface area contributed by atoms with Gasteiger partial charge >= 0.3 is 5.97 Å². The number of nitrogens with two attached hydrogens (primary N) is 1. The van der Waals surface area contributed by atoms with Gasteiger partial charge < -0.3 is 10.5 Å². The van der Waals surface area contributed by atoms with E-state index in [-0.39, 0.29) is 39.0 Å². The highest BCUT2D eigenvalue weighted by atomic mass is 16.5. The summed E-state index contributed by atoms with van der Waals surface area (Å²) in [5.74, 6) is 2.49. The second-order valence-corrected chi connectivity index (χ2v) is 15.1. The molecule has 0 radical (unpaired) electrons. The fourth-order valence-corrected chi connectivity index (χ4v) is 11.2. The van der Waals surface area contributed by atoms with Crippen molar-refractivity contribution in [2.45, 2.75) is 106 Å². The molecular formula is C32H52N4O2. The first-order valence-corrected chi connectivity index (χ1v) is 15.1. The molecule has 0 aromatic heterocycles. The van der Waals surface area contributed by atoms with Gasteiger partial charge in [-0.3, -0.25) is 10.2 Å². The first-order chi connectivity index (χ1) is 17.7. The molecule has 0 unspecified atom stereocenters. The van der Waals surface area contributed by atoms with Crippen LogP contribution in [0.5, 0.6) is 0 Å². The summed E-state index contributed by atoms with van der Waals surface area (Å²) in [4.78, 5) is 13.5. The zero-order chi connectivity index (χ0) is 27.9. The number of carbonyl (C=O) groups excluding carboxylic acids is 1. The molecule has 4 N–H and O–H groups in total. The van der Waals surface area contributed by atoms with Gasteiger partial charge in [-0.1, -0.05) is 60.1 Å². The molecule has 5 aliphatic carbocycles. The molecule has 0 heterocycles. The standard InChI is InChI=1S/C32H52N4O2/c1-19-11-16-32(26(37)38-8)18-17-30(6)21(25(32)20(19)2)9-10-23-29(5)14-13-24(35-36-27(33)34)28(3,4)22(29)12-15-31(23,30)7/h9,19-20,22-23,25H,10-18H2,1-8H3,(H4,33,34,36)/b35-24+/t19-,20+,22+,23-,25+,29+,30-,31-,32+/m1/s1. The van der Waals surface area contributed by atoms with E-state index in [1.54, 1.807) is 12.7 Å². The molecule has 38 heavy (non-hydrogen) atoms. The minimum absolute atomic E-state index is 0.0344. The topological polar surface area (TPSA) is 101 Å². The van der Waals surface area contributed by atoms with Crippen molar-refractivity contribution < 1.29 is 9.53 Å². The average Bonchev–Trinajstić information content (AvgIpc) is 2.85. The maximum atomic E-state index is 13.5. The third-order valence-electron chi connectivity index (χ3n) is 13.7. The number of hydrogen-bond donors (Lipinski definition) is 3. The minimum Gasteiger partial charge on any atom is -0.469 e. The normalized spacial score (nSPS) is 48.5. The summed E-state index contributed by atoms with van der Waals surface area (Å²) in [6.45, 7) is 17.3. The Morgan fingerprint density at radius 3 is 2.42 bits per heavy atom. The van der Waals surface area contributed by atoms with Gasteiger partial charge in [0.1, 0.15) is 0 Å². The number of hydrogen-bond acceptors (Lipinski definition) is 4. The lowest BCUT2D eigenvalue weighted by Crippen LogP contribution is -2.65. The number of hydrazone groups is 1. The summed E-state index contributed by atoms with van der Waals surface area (Å²) in [6.07, 6.45) is 12.3. The lowest BCUT2D eigenvalue weighted by molar-refractivity contribution is -0.183. The Balaban J connectivity index is 1.56. The molecule has 0 saturated heterocycles. The number of rotatable bonds is 2. The lowest BCUT2D eigenvalue weighted by atomic mass is 9.33. The third kappa shape index (κ3) is 3.46. The van der Waals surface area contributed by atoms with Crippen LogP contribution in [0.15, 0.2) is 16.8 Å². The number of esters is 1. The van der Waals surface area contributed by atoms with Crippen molar-refractivity contribution in [3.05, 3.63) is 11.6 Å². The maximum absolute atomic E-state index is 13.5. The van der Waals surface area contributed by atoms with Crippen LogP contribution >= 0.6 is 0 Å². The van der Waals surface area contributed by atoms with Crippen LogP contribution in [0.4, 0.5) is 0 Å². The van der Waals surface area contributed by atoms with E-state index in [2.05, 4.69) is 65.1 Å². The summed E-state index contributed by atoms with van der Waals surface area (Å²) >= 11 is 0. The highest BCUT2D eigenvalue weighted by molar-refractivity contribution is 5.92. The second kappa shape index (κ2) is 8.83. The molecule has 5 rings (SSSR count). The van der Waals surface area contributed by atoms with E-state index in [1.165, 1.54) is 12.8 Å². The van der Waals surface area contributed by atoms with Crippen molar-refractivity contribution in [2.24, 2.45) is 67.5 Å². The number of methoxy groups -OCH3 is 1. The summed E-state index contributed by atoms with van der Waals surface area (Å²) in [5, 5.41) is 12.2. The van der Waals surface area contributed by atoms with E-state index in [1.807, 2.05) is 0 Å². The van der Waals surface area contributed by atoms with Crippen LogP contribution in [0, 0.1) is 62.1 Å². The Morgan fingerprint density at radius 2 is 1.76 bits per heavy atom. The van der Waals surface area contributed by atoms with Crippen molar-refractivity contribution in [1.29, 1.82) is 5.41 Å². The van der Waals surface area contributed by atoms with Gasteiger partial charge in [0.2, 0.25) is 5.96 Å². The molecule has 0 bridgehead atoms. The first kappa shape index (κ1) is 27.7. The molecule has 9 atom stereocenters. The molecule has 4 fully saturated rings. The van der Waals surface area contributed by atoms with Gasteiger partial charge in [-0.2, -0.15) is 5.10 Å². The molecule has 6 heteroatoms. The highest BCUT2D eigenvalue weighted by Gasteiger charge is 2.69. The Bertz CT molecular complexity index is 1080. The number of ether oxygens (including phenoxy) is 1. The predicted molar refractivity (Wildman–Crippen MR) is 153 cm³/mol. The second-order valence-electron chi connectivity index (χ2n) is 15.1. The predicted octanol–water partition coefficient (Wildman–Crippen LogP) is 6.66. The van der Waals surface area contributed by atoms with Gasteiger partial charge in [0.15, 0.2) is 0 Å². The van der Waals surface area contributed by atoms with Crippen LogP contribution in [-0.4, -0.2) is 24.8 Å². The Kier molecular flexibility index (Phi) is 6.44. The van der Waals surface area contributed by atoms with Crippen LogP contribution in [0.25, 0.3) is 0 Å². The molecule has 5 aliphatic rings. The zero-order valence-corrected chi connectivity index (χ0v) is 25.2. The van der Waals surface area contributed by atoms with E-state index in [0.717, 1.165) is 50.7 Å². The lowest BCUT2D eigenvalue weighted by Gasteiger charge is -2.71. The fourth-order valence-electron chi connectivity index (χ4n) is 11.2. The van der Waals surface area contributed by atoms with Gasteiger partial charge in [-0.15, -0.1) is 0 Å². The Morgan fingerprint density at radius 1 is 1.05 bits per heavy atom. The van der Waals surface area contributed by atoms with Crippen molar-refractivity contribution in [3.8, 4) is 0 Å². The third-order valence-corrected chi connectivity index (χ3v) is 13.7. The first-order valence-electron chi connectivity index (χ1n) is 15.1. The number of fused-ring (bicyclic) bond motifs is 7. The number of nitrogens with zero attached hydrogens (tertiary/aromatic N) is 1. The molecule has 6 nitrogen and oxygen atoms in total. The van der Waals surface area contributed by atoms with Crippen molar-refractivity contribution in [1.82, 2.24) is 5.43 Å². The Labute approximate surface area is 230 Å². The van der Waals surface area contributed by atoms with Crippen molar-refractivity contribution >= 4 is 17.6 Å². The van der Waals surface area contributed by atoms with Crippen molar-refractivity contribution in [2.75, 3.05) is 7.11 Å². The van der Waals surface area contributed by atoms with Gasteiger partial charge in [0.05, 0.1) is 12.5 Å². The van der Waals surface area contributed by atoms with Gasteiger partial charge in [0, 0.05) is 11.1 Å². The van der Waals surface area contributed by atoms with E-state index in [4.69, 9.17) is 15.9 Å². The molecule has 0 spiro atoms. The summed E-state index contributed by atoms with van der Waals surface area (Å²) in [6, 6.07) is 0. The van der Waals surface area contributed by atoms with Crippen molar-refractivity contribution in [3.63, 3.8) is 0 Å². The van der Waals surface area contributed by atoms with E-state index < -0.39 is 0 Å². The van der Waals surface area contributed by atoms with Crippen LogP contribution < -0.4 is 11.2 Å². The van der Waals surface area contributed by atoms with Crippen LogP contribution in [-0.2, 0) is 9.53 Å². The summed E-state index contributed by atoms with van der Waals surface area (Å²) < 4.78 is 5.53.